The van der Waals surface area contributed by atoms with Crippen molar-refractivity contribution in [3.8, 4) is 0 Å². The van der Waals surface area contributed by atoms with Crippen LogP contribution >= 0.6 is 22.6 Å². The molecule has 7 heteroatoms. The van der Waals surface area contributed by atoms with E-state index in [0.717, 1.165) is 3.57 Å². The molecule has 1 aliphatic heterocycles. The fourth-order valence-corrected chi connectivity index (χ4v) is 4.08. The lowest BCUT2D eigenvalue weighted by Gasteiger charge is -2.21. The van der Waals surface area contributed by atoms with E-state index < -0.39 is 22.0 Å². The minimum absolute atomic E-state index is 0.205. The van der Waals surface area contributed by atoms with E-state index in [1.165, 1.54) is 4.31 Å². The molecule has 2 rings (SSSR count). The Bertz CT molecular complexity index is 556. The molecule has 1 unspecified atom stereocenters. The zero-order valence-corrected chi connectivity index (χ0v) is 12.5. The third-order valence-electron chi connectivity index (χ3n) is 2.95. The number of hydrogen-bond acceptors (Lipinski definition) is 3. The SMILES string of the molecule is NC(=O)C1CCCN1S(=O)(=O)c1ccc(I)cc1. The molecule has 0 spiro atoms. The summed E-state index contributed by atoms with van der Waals surface area (Å²) in [7, 11) is -3.62. The highest BCUT2D eigenvalue weighted by Crippen LogP contribution is 2.26. The molecular formula is C11H13IN2O3S. The lowest BCUT2D eigenvalue weighted by atomic mass is 10.2. The van der Waals surface area contributed by atoms with Gasteiger partial charge in [0.25, 0.3) is 0 Å². The van der Waals surface area contributed by atoms with Crippen molar-refractivity contribution in [3.63, 3.8) is 0 Å². The lowest BCUT2D eigenvalue weighted by molar-refractivity contribution is -0.121. The highest BCUT2D eigenvalue weighted by molar-refractivity contribution is 14.1. The van der Waals surface area contributed by atoms with Crippen molar-refractivity contribution in [2.45, 2.75) is 23.8 Å². The Morgan fingerprint density at radius 2 is 1.94 bits per heavy atom. The number of rotatable bonds is 3. The number of carbonyl (C=O) groups is 1. The van der Waals surface area contributed by atoms with Gasteiger partial charge in [-0.2, -0.15) is 4.31 Å². The minimum atomic E-state index is -3.62. The molecule has 1 saturated heterocycles. The normalized spacial score (nSPS) is 21.1. The maximum absolute atomic E-state index is 12.4. The summed E-state index contributed by atoms with van der Waals surface area (Å²) in [6.45, 7) is 0.349. The molecule has 1 heterocycles. The second-order valence-corrected chi connectivity index (χ2v) is 7.27. The summed E-state index contributed by atoms with van der Waals surface area (Å²) in [6, 6.07) is 5.83. The van der Waals surface area contributed by atoms with Crippen LogP contribution in [-0.2, 0) is 14.8 Å². The third kappa shape index (κ3) is 2.52. The van der Waals surface area contributed by atoms with Crippen LogP contribution in [0.15, 0.2) is 29.2 Å². The summed E-state index contributed by atoms with van der Waals surface area (Å²) in [4.78, 5) is 11.5. The number of primary amides is 1. The summed E-state index contributed by atoms with van der Waals surface area (Å²) in [5, 5.41) is 0. The van der Waals surface area contributed by atoms with E-state index in [-0.39, 0.29) is 4.90 Å². The van der Waals surface area contributed by atoms with Gasteiger partial charge in [0.1, 0.15) is 6.04 Å². The van der Waals surface area contributed by atoms with E-state index in [2.05, 4.69) is 22.6 Å². The predicted octanol–water partition coefficient (Wildman–Crippen LogP) is 0.930. The highest BCUT2D eigenvalue weighted by atomic mass is 127. The van der Waals surface area contributed by atoms with E-state index in [0.29, 0.717) is 19.4 Å². The van der Waals surface area contributed by atoms with Crippen LogP contribution in [0, 0.1) is 3.57 Å². The van der Waals surface area contributed by atoms with Crippen LogP contribution in [0.1, 0.15) is 12.8 Å². The first-order valence-electron chi connectivity index (χ1n) is 5.49. The van der Waals surface area contributed by atoms with Crippen molar-refractivity contribution < 1.29 is 13.2 Å². The number of hydrogen-bond donors (Lipinski definition) is 1. The second-order valence-electron chi connectivity index (χ2n) is 4.13. The van der Waals surface area contributed by atoms with Gasteiger partial charge in [-0.15, -0.1) is 0 Å². The molecule has 0 aromatic heterocycles. The first-order valence-corrected chi connectivity index (χ1v) is 8.01. The van der Waals surface area contributed by atoms with Crippen molar-refractivity contribution in [2.75, 3.05) is 6.54 Å². The van der Waals surface area contributed by atoms with Gasteiger partial charge in [-0.05, 0) is 59.7 Å². The highest BCUT2D eigenvalue weighted by Gasteiger charge is 2.38. The van der Waals surface area contributed by atoms with E-state index >= 15 is 0 Å². The number of amides is 1. The standard InChI is InChI=1S/C11H13IN2O3S/c12-8-3-5-9(6-4-8)18(16,17)14-7-1-2-10(14)11(13)15/h3-6,10H,1-2,7H2,(H2,13,15). The average Bonchev–Trinajstić information content (AvgIpc) is 2.79. The number of carbonyl (C=O) groups excluding carboxylic acids is 1. The monoisotopic (exact) mass is 380 g/mol. The van der Waals surface area contributed by atoms with Crippen LogP contribution in [0.5, 0.6) is 0 Å². The van der Waals surface area contributed by atoms with Gasteiger partial charge in [0.15, 0.2) is 0 Å². The van der Waals surface area contributed by atoms with Crippen LogP contribution in [0.3, 0.4) is 0 Å². The van der Waals surface area contributed by atoms with Gasteiger partial charge in [0.05, 0.1) is 4.90 Å². The maximum Gasteiger partial charge on any atom is 0.243 e. The summed E-state index contributed by atoms with van der Waals surface area (Å²) < 4.78 is 26.9. The van der Waals surface area contributed by atoms with E-state index in [1.54, 1.807) is 24.3 Å². The van der Waals surface area contributed by atoms with Gasteiger partial charge < -0.3 is 5.73 Å². The smallest absolute Gasteiger partial charge is 0.243 e. The minimum Gasteiger partial charge on any atom is -0.368 e. The van der Waals surface area contributed by atoms with Crippen molar-refractivity contribution >= 4 is 38.5 Å². The zero-order chi connectivity index (χ0) is 13.3. The van der Waals surface area contributed by atoms with Gasteiger partial charge >= 0.3 is 0 Å². The molecule has 1 amide bonds. The molecule has 1 atom stereocenters. The number of sulfonamides is 1. The fourth-order valence-electron chi connectivity index (χ4n) is 2.05. The Hall–Kier alpha value is -0.670. The molecule has 18 heavy (non-hydrogen) atoms. The lowest BCUT2D eigenvalue weighted by Crippen LogP contribution is -2.43. The Morgan fingerprint density at radius 3 is 2.50 bits per heavy atom. The topological polar surface area (TPSA) is 80.5 Å². The molecule has 0 aliphatic carbocycles. The van der Waals surface area contributed by atoms with Crippen LogP contribution in [0.25, 0.3) is 0 Å². The molecule has 1 aromatic rings. The van der Waals surface area contributed by atoms with Crippen LogP contribution in [0.4, 0.5) is 0 Å². The quantitative estimate of drug-likeness (QED) is 0.793. The molecule has 2 N–H and O–H groups in total. The summed E-state index contributed by atoms with van der Waals surface area (Å²) in [6.07, 6.45) is 1.16. The number of benzene rings is 1. The Balaban J connectivity index is 2.36. The van der Waals surface area contributed by atoms with Crippen LogP contribution in [-0.4, -0.2) is 31.2 Å². The number of nitrogens with zero attached hydrogens (tertiary/aromatic N) is 1. The summed E-state index contributed by atoms with van der Waals surface area (Å²) >= 11 is 2.11. The molecule has 0 bridgehead atoms. The number of halogens is 1. The third-order valence-corrected chi connectivity index (χ3v) is 5.59. The van der Waals surface area contributed by atoms with Crippen molar-refractivity contribution in [1.29, 1.82) is 0 Å². The molecule has 0 radical (unpaired) electrons. The van der Waals surface area contributed by atoms with Crippen molar-refractivity contribution in [2.24, 2.45) is 5.73 Å². The first-order chi connectivity index (χ1) is 8.43. The summed E-state index contributed by atoms with van der Waals surface area (Å²) in [5.74, 6) is -0.582. The molecule has 98 valence electrons. The van der Waals surface area contributed by atoms with Crippen LogP contribution < -0.4 is 5.73 Å². The van der Waals surface area contributed by atoms with Gasteiger partial charge in [-0.1, -0.05) is 0 Å². The van der Waals surface area contributed by atoms with Gasteiger partial charge in [0, 0.05) is 10.1 Å². The van der Waals surface area contributed by atoms with E-state index in [4.69, 9.17) is 5.73 Å². The average molecular weight is 380 g/mol. The molecule has 5 nitrogen and oxygen atoms in total. The predicted molar refractivity (Wildman–Crippen MR) is 75.3 cm³/mol. The second kappa shape index (κ2) is 5.14. The largest absolute Gasteiger partial charge is 0.368 e. The first kappa shape index (κ1) is 13.8. The number of nitrogens with two attached hydrogens (primary N) is 1. The fraction of sp³-hybridized carbons (Fsp3) is 0.364. The maximum atomic E-state index is 12.4. The molecule has 1 aromatic carbocycles. The molecule has 1 aliphatic rings. The van der Waals surface area contributed by atoms with Gasteiger partial charge in [-0.25, -0.2) is 8.42 Å². The van der Waals surface area contributed by atoms with Gasteiger partial charge in [0.2, 0.25) is 15.9 Å². The van der Waals surface area contributed by atoms with Gasteiger partial charge in [-0.3, -0.25) is 4.79 Å². The van der Waals surface area contributed by atoms with Crippen molar-refractivity contribution in [3.05, 3.63) is 27.8 Å². The Morgan fingerprint density at radius 1 is 1.33 bits per heavy atom. The van der Waals surface area contributed by atoms with Crippen LogP contribution in [0.2, 0.25) is 0 Å². The molecular weight excluding hydrogens is 367 g/mol. The molecule has 1 fully saturated rings. The van der Waals surface area contributed by atoms with E-state index in [9.17, 15) is 13.2 Å². The Labute approximate surface area is 120 Å². The molecule has 0 saturated carbocycles. The summed E-state index contributed by atoms with van der Waals surface area (Å²) in [5.41, 5.74) is 5.24. The zero-order valence-electron chi connectivity index (χ0n) is 9.54. The Kier molecular flexibility index (Phi) is 3.93. The van der Waals surface area contributed by atoms with E-state index in [1.807, 2.05) is 0 Å². The van der Waals surface area contributed by atoms with Crippen molar-refractivity contribution in [1.82, 2.24) is 4.31 Å².